The van der Waals surface area contributed by atoms with Crippen LogP contribution in [0.3, 0.4) is 0 Å². The van der Waals surface area contributed by atoms with Crippen LogP contribution < -0.4 is 9.64 Å². The van der Waals surface area contributed by atoms with Gasteiger partial charge >= 0.3 is 0 Å². The maximum atomic E-state index is 5.97. The molecule has 3 aromatic rings. The lowest BCUT2D eigenvalue weighted by atomic mass is 9.96. The highest BCUT2D eigenvalue weighted by Crippen LogP contribution is 2.34. The molecule has 2 aromatic heterocycles. The van der Waals surface area contributed by atoms with Crippen LogP contribution in [0.25, 0.3) is 0 Å². The molecule has 2 aliphatic rings. The highest BCUT2D eigenvalue weighted by molar-refractivity contribution is 5.54. The number of aryl methyl sites for hydroxylation is 1. The number of para-hydroxylation sites is 1. The molecule has 0 bridgehead atoms. The van der Waals surface area contributed by atoms with E-state index >= 15 is 0 Å². The molecule has 1 aromatic carbocycles. The molecule has 1 fully saturated rings. The van der Waals surface area contributed by atoms with E-state index in [0.717, 1.165) is 61.0 Å². The summed E-state index contributed by atoms with van der Waals surface area (Å²) in [4.78, 5) is 15.9. The molecule has 138 valence electrons. The lowest BCUT2D eigenvalue weighted by molar-refractivity contribution is 0.302. The monoisotopic (exact) mass is 363 g/mol. The highest BCUT2D eigenvalue weighted by Gasteiger charge is 2.29. The van der Waals surface area contributed by atoms with Crippen molar-refractivity contribution in [1.82, 2.24) is 20.1 Å². The number of ether oxygens (including phenoxy) is 1. The molecule has 4 heterocycles. The first kappa shape index (κ1) is 16.2. The predicted molar refractivity (Wildman–Crippen MR) is 98.8 cm³/mol. The third-order valence-electron chi connectivity index (χ3n) is 5.35. The van der Waals surface area contributed by atoms with Gasteiger partial charge in [0.25, 0.3) is 0 Å². The Morgan fingerprint density at radius 2 is 2.11 bits per heavy atom. The minimum atomic E-state index is 0.260. The van der Waals surface area contributed by atoms with Crippen LogP contribution in [0.5, 0.6) is 5.75 Å². The van der Waals surface area contributed by atoms with Gasteiger partial charge in [-0.25, -0.2) is 9.97 Å². The molecule has 27 heavy (non-hydrogen) atoms. The van der Waals surface area contributed by atoms with Crippen LogP contribution in [-0.4, -0.2) is 33.2 Å². The van der Waals surface area contributed by atoms with Crippen LogP contribution >= 0.6 is 0 Å². The maximum Gasteiger partial charge on any atom is 0.223 e. The van der Waals surface area contributed by atoms with Crippen LogP contribution in [0.2, 0.25) is 0 Å². The Bertz CT molecular complexity index is 971. The zero-order valence-electron chi connectivity index (χ0n) is 15.3. The molecule has 0 unspecified atom stereocenters. The summed E-state index contributed by atoms with van der Waals surface area (Å²) in [6, 6.07) is 8.18. The van der Waals surface area contributed by atoms with Gasteiger partial charge in [-0.05, 0) is 24.5 Å². The molecular formula is C20H21N5O2. The summed E-state index contributed by atoms with van der Waals surface area (Å²) in [7, 11) is 0. The lowest BCUT2D eigenvalue weighted by Crippen LogP contribution is -2.36. The molecule has 0 amide bonds. The Morgan fingerprint density at radius 1 is 1.19 bits per heavy atom. The molecule has 7 heteroatoms. The smallest absolute Gasteiger partial charge is 0.223 e. The van der Waals surface area contributed by atoms with Crippen molar-refractivity contribution in [2.24, 2.45) is 0 Å². The van der Waals surface area contributed by atoms with Crippen molar-refractivity contribution in [3.05, 3.63) is 59.1 Å². The van der Waals surface area contributed by atoms with Gasteiger partial charge in [0.15, 0.2) is 5.82 Å². The van der Waals surface area contributed by atoms with E-state index in [2.05, 4.69) is 31.1 Å². The summed E-state index contributed by atoms with van der Waals surface area (Å²) in [6.07, 6.45) is 4.57. The van der Waals surface area contributed by atoms with Crippen molar-refractivity contribution < 1.29 is 9.26 Å². The minimum Gasteiger partial charge on any atom is -0.487 e. The van der Waals surface area contributed by atoms with E-state index in [9.17, 15) is 0 Å². The fraction of sp³-hybridized carbons (Fsp3) is 0.400. The van der Waals surface area contributed by atoms with Gasteiger partial charge in [-0.15, -0.1) is 0 Å². The molecule has 7 nitrogen and oxygen atoms in total. The number of hydrogen-bond donors (Lipinski definition) is 0. The molecule has 1 saturated heterocycles. The number of fused-ring (bicyclic) bond motifs is 2. The summed E-state index contributed by atoms with van der Waals surface area (Å²) in [6.45, 7) is 4.12. The molecule has 2 aliphatic heterocycles. The average molecular weight is 363 g/mol. The van der Waals surface area contributed by atoms with Gasteiger partial charge in [-0.2, -0.15) is 4.98 Å². The fourth-order valence-corrected chi connectivity index (χ4v) is 4.00. The SMILES string of the molecule is Cc1nc([C@@H]2CCCN(c3ncnc4c3Cc3ccccc3OC4)C2)no1. The van der Waals surface area contributed by atoms with Crippen molar-refractivity contribution in [2.75, 3.05) is 18.0 Å². The van der Waals surface area contributed by atoms with Crippen LogP contribution in [0.4, 0.5) is 5.82 Å². The van der Waals surface area contributed by atoms with Gasteiger partial charge < -0.3 is 14.2 Å². The van der Waals surface area contributed by atoms with Gasteiger partial charge in [0, 0.05) is 37.9 Å². The minimum absolute atomic E-state index is 0.260. The summed E-state index contributed by atoms with van der Waals surface area (Å²) in [5.41, 5.74) is 3.30. The van der Waals surface area contributed by atoms with E-state index in [0.29, 0.717) is 12.5 Å². The third kappa shape index (κ3) is 3.03. The second-order valence-corrected chi connectivity index (χ2v) is 7.15. The number of nitrogens with zero attached hydrogens (tertiary/aromatic N) is 5. The number of hydrogen-bond acceptors (Lipinski definition) is 7. The van der Waals surface area contributed by atoms with Crippen molar-refractivity contribution in [3.63, 3.8) is 0 Å². The van der Waals surface area contributed by atoms with Crippen LogP contribution in [0.1, 0.15) is 47.3 Å². The molecule has 0 saturated carbocycles. The van der Waals surface area contributed by atoms with E-state index in [4.69, 9.17) is 9.26 Å². The summed E-state index contributed by atoms with van der Waals surface area (Å²) in [5.74, 6) is 3.61. The molecule has 0 radical (unpaired) electrons. The number of rotatable bonds is 2. The first-order chi connectivity index (χ1) is 13.3. The van der Waals surface area contributed by atoms with E-state index in [1.165, 1.54) is 5.56 Å². The Morgan fingerprint density at radius 3 is 3.00 bits per heavy atom. The van der Waals surface area contributed by atoms with Crippen LogP contribution in [0.15, 0.2) is 35.1 Å². The van der Waals surface area contributed by atoms with Crippen LogP contribution in [-0.2, 0) is 13.0 Å². The average Bonchev–Trinajstić information content (AvgIpc) is 3.05. The zero-order valence-corrected chi connectivity index (χ0v) is 15.3. The standard InChI is InChI=1S/C20H21N5O2/c1-13-23-19(24-27-13)15-6-4-8-25(10-15)20-16-9-14-5-2-3-7-18(14)26-11-17(16)21-12-22-20/h2-3,5,7,12,15H,4,6,8-11H2,1H3/t15-/m1/s1. The number of aromatic nitrogens is 4. The second kappa shape index (κ2) is 6.64. The number of benzene rings is 1. The van der Waals surface area contributed by atoms with E-state index in [1.807, 2.05) is 25.1 Å². The van der Waals surface area contributed by atoms with Crippen molar-refractivity contribution in [2.45, 2.75) is 38.7 Å². The van der Waals surface area contributed by atoms with E-state index in [1.54, 1.807) is 6.33 Å². The van der Waals surface area contributed by atoms with Gasteiger partial charge in [0.2, 0.25) is 5.89 Å². The highest BCUT2D eigenvalue weighted by atomic mass is 16.5. The lowest BCUT2D eigenvalue weighted by Gasteiger charge is -2.33. The Hall–Kier alpha value is -2.96. The van der Waals surface area contributed by atoms with Crippen molar-refractivity contribution >= 4 is 5.82 Å². The summed E-state index contributed by atoms with van der Waals surface area (Å²) >= 11 is 0. The van der Waals surface area contributed by atoms with Gasteiger partial charge in [-0.1, -0.05) is 23.4 Å². The molecule has 0 aliphatic carbocycles. The quantitative estimate of drug-likeness (QED) is 0.692. The van der Waals surface area contributed by atoms with Crippen molar-refractivity contribution in [3.8, 4) is 5.75 Å². The normalized spacial score (nSPS) is 19.0. The number of piperidine rings is 1. The Balaban J connectivity index is 1.48. The molecule has 0 N–H and O–H groups in total. The van der Waals surface area contributed by atoms with Crippen molar-refractivity contribution in [1.29, 1.82) is 0 Å². The predicted octanol–water partition coefficient (Wildman–Crippen LogP) is 3.04. The maximum absolute atomic E-state index is 5.97. The third-order valence-corrected chi connectivity index (χ3v) is 5.35. The summed E-state index contributed by atoms with van der Waals surface area (Å²) < 4.78 is 11.2. The number of anilines is 1. The van der Waals surface area contributed by atoms with E-state index in [-0.39, 0.29) is 5.92 Å². The van der Waals surface area contributed by atoms with Gasteiger partial charge in [0.1, 0.15) is 24.5 Å². The van der Waals surface area contributed by atoms with E-state index < -0.39 is 0 Å². The zero-order chi connectivity index (χ0) is 18.2. The molecule has 1 atom stereocenters. The van der Waals surface area contributed by atoms with Gasteiger partial charge in [0.05, 0.1) is 5.69 Å². The molecular weight excluding hydrogens is 342 g/mol. The Kier molecular flexibility index (Phi) is 3.99. The van der Waals surface area contributed by atoms with Crippen LogP contribution in [0, 0.1) is 6.92 Å². The topological polar surface area (TPSA) is 77.2 Å². The fourth-order valence-electron chi connectivity index (χ4n) is 4.00. The first-order valence-electron chi connectivity index (χ1n) is 9.36. The molecule has 5 rings (SSSR count). The second-order valence-electron chi connectivity index (χ2n) is 7.15. The Labute approximate surface area is 157 Å². The first-order valence-corrected chi connectivity index (χ1v) is 9.36. The summed E-state index contributed by atoms with van der Waals surface area (Å²) in [5, 5.41) is 4.13. The largest absolute Gasteiger partial charge is 0.487 e. The van der Waals surface area contributed by atoms with Gasteiger partial charge in [-0.3, -0.25) is 0 Å². The molecule has 0 spiro atoms.